The first kappa shape index (κ1) is 28.7. The van der Waals surface area contributed by atoms with Crippen molar-refractivity contribution in [3.63, 3.8) is 0 Å². The Balaban J connectivity index is 1.62. The van der Waals surface area contributed by atoms with Crippen LogP contribution in [-0.4, -0.2) is 52.2 Å². The van der Waals surface area contributed by atoms with E-state index in [0.717, 1.165) is 5.57 Å². The molecular formula is C34H40O8. The van der Waals surface area contributed by atoms with Gasteiger partial charge in [0.05, 0.1) is 24.2 Å². The highest BCUT2D eigenvalue weighted by atomic mass is 16.6. The maximum absolute atomic E-state index is 14.7. The van der Waals surface area contributed by atoms with Crippen LogP contribution in [-0.2, 0) is 25.5 Å². The van der Waals surface area contributed by atoms with E-state index in [4.69, 9.17) is 18.9 Å². The number of Topliss-reactive ketones (excluding diaryl/α,β-unsaturated/α-hetero) is 2. The Labute approximate surface area is 246 Å². The van der Waals surface area contributed by atoms with Gasteiger partial charge in [-0.15, -0.1) is 0 Å². The van der Waals surface area contributed by atoms with E-state index in [1.165, 1.54) is 7.11 Å². The third-order valence-corrected chi connectivity index (χ3v) is 10.0. The van der Waals surface area contributed by atoms with Crippen LogP contribution in [0.5, 0.6) is 17.2 Å². The quantitative estimate of drug-likeness (QED) is 0.271. The fourth-order valence-electron chi connectivity index (χ4n) is 8.17. The number of methoxy groups -OCH3 is 1. The molecule has 3 aliphatic heterocycles. The topological polar surface area (TPSA) is 108 Å². The summed E-state index contributed by atoms with van der Waals surface area (Å²) in [4.78, 5) is 41.3. The number of carbonyl (C=O) groups excluding carboxylic acids is 3. The molecule has 8 heteroatoms. The van der Waals surface area contributed by atoms with Crippen LogP contribution < -0.4 is 9.47 Å². The summed E-state index contributed by atoms with van der Waals surface area (Å²) in [5, 5.41) is 11.6. The Bertz CT molecular complexity index is 1520. The van der Waals surface area contributed by atoms with Crippen LogP contribution in [0, 0.1) is 17.8 Å². The number of phenolic OH excluding ortho intramolecular Hbond substituents is 1. The van der Waals surface area contributed by atoms with Crippen molar-refractivity contribution in [1.29, 1.82) is 0 Å². The van der Waals surface area contributed by atoms with Crippen LogP contribution in [0.3, 0.4) is 0 Å². The van der Waals surface area contributed by atoms with Crippen molar-refractivity contribution in [2.24, 2.45) is 17.8 Å². The molecule has 5 atom stereocenters. The van der Waals surface area contributed by atoms with Gasteiger partial charge in [-0.1, -0.05) is 17.7 Å². The Morgan fingerprint density at radius 3 is 2.45 bits per heavy atom. The number of hydrogen-bond donors (Lipinski definition) is 1. The molecule has 3 aliphatic carbocycles. The molecule has 3 saturated carbocycles. The molecule has 6 aliphatic rings. The number of allylic oxidation sites excluding steroid dienone is 2. The van der Waals surface area contributed by atoms with Crippen LogP contribution >= 0.6 is 0 Å². The maximum Gasteiger partial charge on any atom is 0.333 e. The summed E-state index contributed by atoms with van der Waals surface area (Å²) in [6.45, 7) is 13.4. The second-order valence-corrected chi connectivity index (χ2v) is 13.8. The maximum atomic E-state index is 14.7. The van der Waals surface area contributed by atoms with Gasteiger partial charge in [0.15, 0.2) is 22.8 Å². The molecule has 1 saturated heterocycles. The molecule has 1 N–H and O–H groups in total. The lowest BCUT2D eigenvalue weighted by molar-refractivity contribution is -0.199. The smallest absolute Gasteiger partial charge is 0.333 e. The third-order valence-electron chi connectivity index (χ3n) is 10.0. The van der Waals surface area contributed by atoms with Gasteiger partial charge in [-0.25, -0.2) is 4.79 Å². The zero-order valence-corrected chi connectivity index (χ0v) is 25.7. The second kappa shape index (κ2) is 9.06. The van der Waals surface area contributed by atoms with E-state index in [-0.39, 0.29) is 41.0 Å². The average Bonchev–Trinajstić information content (AvgIpc) is 3.07. The van der Waals surface area contributed by atoms with Gasteiger partial charge in [-0.05, 0) is 79.9 Å². The van der Waals surface area contributed by atoms with Crippen LogP contribution in [0.25, 0.3) is 6.08 Å². The summed E-state index contributed by atoms with van der Waals surface area (Å²) >= 11 is 0. The Morgan fingerprint density at radius 2 is 1.79 bits per heavy atom. The first-order chi connectivity index (χ1) is 19.6. The summed E-state index contributed by atoms with van der Waals surface area (Å²) in [6, 6.07) is 0. The molecule has 1 aromatic rings. The largest absolute Gasteiger partial charge is 0.506 e. The zero-order chi connectivity index (χ0) is 30.6. The molecule has 1 spiro atoms. The minimum atomic E-state index is -1.49. The van der Waals surface area contributed by atoms with Gasteiger partial charge in [-0.3, -0.25) is 9.59 Å². The molecule has 8 nitrogen and oxygen atoms in total. The molecule has 1 unspecified atom stereocenters. The van der Waals surface area contributed by atoms with Gasteiger partial charge >= 0.3 is 5.97 Å². The number of rotatable bonds is 5. The minimum absolute atomic E-state index is 0.0643. The molecule has 3 heterocycles. The summed E-state index contributed by atoms with van der Waals surface area (Å²) in [5.41, 5.74) is -1.56. The first-order valence-corrected chi connectivity index (χ1v) is 14.8. The SMILES string of the molecule is COC(=O)/C(C)=C\C[C@@]12OC(C)(C)[C@@H]3C[C@@H](CC4C(=O)c5c(O)c6c(c(CC=C(C)C)c5O[C@]431)OC(C)(C)C=C6)C2=O. The molecule has 1 aromatic carbocycles. The second-order valence-electron chi connectivity index (χ2n) is 13.8. The van der Waals surface area contributed by atoms with E-state index in [0.29, 0.717) is 41.7 Å². The average molecular weight is 577 g/mol. The van der Waals surface area contributed by atoms with Gasteiger partial charge in [-0.2, -0.15) is 0 Å². The fraction of sp³-hybridized carbons (Fsp3) is 0.559. The standard InChI is InChI=1S/C34H40O8/c1-17(2)9-10-21-27-20(12-13-31(4,5)40-27)25(35)24-26(36)22-15-19-16-23-32(6,7)42-33(29(19)37,34(22,23)41-28(21)24)14-11-18(3)30(38)39-8/h9,11-13,19,22-23,35H,10,14-16H2,1-8H3/b18-11-/t19-,22?,23+,33+,34-/m1/s1. The van der Waals surface area contributed by atoms with Crippen molar-refractivity contribution in [3.8, 4) is 17.2 Å². The van der Waals surface area contributed by atoms with Crippen molar-refractivity contribution in [1.82, 2.24) is 0 Å². The molecular weight excluding hydrogens is 536 g/mol. The number of ketones is 2. The van der Waals surface area contributed by atoms with Crippen molar-refractivity contribution < 1.29 is 38.4 Å². The van der Waals surface area contributed by atoms with Crippen molar-refractivity contribution in [3.05, 3.63) is 46.1 Å². The molecule has 4 fully saturated rings. The summed E-state index contributed by atoms with van der Waals surface area (Å²) in [5.74, 6) is -1.64. The molecule has 0 radical (unpaired) electrons. The van der Waals surface area contributed by atoms with E-state index in [9.17, 15) is 19.5 Å². The highest BCUT2D eigenvalue weighted by Gasteiger charge is 2.83. The van der Waals surface area contributed by atoms with Crippen LogP contribution in [0.4, 0.5) is 0 Å². The monoisotopic (exact) mass is 576 g/mol. The number of ether oxygens (including phenoxy) is 4. The Hall–Kier alpha value is -3.39. The van der Waals surface area contributed by atoms with Gasteiger partial charge in [0, 0.05) is 29.4 Å². The zero-order valence-electron chi connectivity index (χ0n) is 25.7. The minimum Gasteiger partial charge on any atom is -0.506 e. The Kier molecular flexibility index (Phi) is 6.19. The molecule has 7 rings (SSSR count). The summed E-state index contributed by atoms with van der Waals surface area (Å²) in [7, 11) is 1.31. The number of phenols is 1. The highest BCUT2D eigenvalue weighted by Crippen LogP contribution is 2.70. The van der Waals surface area contributed by atoms with Gasteiger partial charge in [0.2, 0.25) is 0 Å². The van der Waals surface area contributed by atoms with Crippen LogP contribution in [0.2, 0.25) is 0 Å². The number of esters is 1. The van der Waals surface area contributed by atoms with Crippen molar-refractivity contribution >= 4 is 23.6 Å². The molecule has 0 amide bonds. The normalized spacial score (nSPS) is 32.8. The lowest BCUT2D eigenvalue weighted by atomic mass is 9.46. The number of fused-ring (bicyclic) bond motifs is 2. The lowest BCUT2D eigenvalue weighted by Crippen LogP contribution is -2.76. The fourth-order valence-corrected chi connectivity index (χ4v) is 8.17. The van der Waals surface area contributed by atoms with E-state index in [2.05, 4.69) is 0 Å². The first-order valence-electron chi connectivity index (χ1n) is 14.8. The van der Waals surface area contributed by atoms with E-state index >= 15 is 0 Å². The number of hydrogen-bond acceptors (Lipinski definition) is 8. The van der Waals surface area contributed by atoms with Gasteiger partial charge in [0.1, 0.15) is 28.4 Å². The molecule has 0 aromatic heterocycles. The number of aromatic hydroxyl groups is 1. The predicted octanol–water partition coefficient (Wildman–Crippen LogP) is 5.68. The highest BCUT2D eigenvalue weighted by molar-refractivity contribution is 6.09. The van der Waals surface area contributed by atoms with E-state index in [1.807, 2.05) is 59.8 Å². The van der Waals surface area contributed by atoms with Crippen LogP contribution in [0.1, 0.15) is 89.2 Å². The van der Waals surface area contributed by atoms with Gasteiger partial charge in [0.25, 0.3) is 0 Å². The van der Waals surface area contributed by atoms with Gasteiger partial charge < -0.3 is 24.1 Å². The third kappa shape index (κ3) is 3.66. The summed E-state index contributed by atoms with van der Waals surface area (Å²) in [6.07, 6.45) is 8.72. The van der Waals surface area contributed by atoms with Crippen LogP contribution in [0.15, 0.2) is 29.4 Å². The lowest BCUT2D eigenvalue weighted by Gasteiger charge is -2.60. The molecule has 42 heavy (non-hydrogen) atoms. The predicted molar refractivity (Wildman–Crippen MR) is 156 cm³/mol. The van der Waals surface area contributed by atoms with Crippen molar-refractivity contribution in [2.75, 3.05) is 7.11 Å². The Morgan fingerprint density at radius 1 is 1.07 bits per heavy atom. The molecule has 4 bridgehead atoms. The van der Waals surface area contributed by atoms with E-state index < -0.39 is 40.2 Å². The summed E-state index contributed by atoms with van der Waals surface area (Å²) < 4.78 is 25.3. The number of benzene rings is 1. The van der Waals surface area contributed by atoms with E-state index in [1.54, 1.807) is 13.0 Å². The number of carbonyl (C=O) groups is 3. The molecule has 224 valence electrons. The van der Waals surface area contributed by atoms with Crippen molar-refractivity contribution in [2.45, 2.75) is 96.6 Å².